The van der Waals surface area contributed by atoms with Crippen LogP contribution in [0, 0.1) is 23.1 Å². The summed E-state index contributed by atoms with van der Waals surface area (Å²) in [6.45, 7) is 4.87. The van der Waals surface area contributed by atoms with E-state index in [2.05, 4.69) is 41.4 Å². The summed E-state index contributed by atoms with van der Waals surface area (Å²) >= 11 is 0. The maximum atomic E-state index is 14.5. The number of hydrogen-bond acceptors (Lipinski definition) is 7. The number of carboxylic acid groups (broad SMARTS) is 1. The number of nitrogens with zero attached hydrogens (tertiary/aromatic N) is 4. The molecule has 2 aliphatic rings. The van der Waals surface area contributed by atoms with Crippen molar-refractivity contribution >= 4 is 17.5 Å². The number of nitrogens with two attached hydrogens (primary N) is 1. The van der Waals surface area contributed by atoms with Crippen LogP contribution in [0.3, 0.4) is 0 Å². The minimum atomic E-state index is -5.08. The maximum Gasteiger partial charge on any atom is 0.490 e. The second-order valence-electron chi connectivity index (χ2n) is 11.8. The van der Waals surface area contributed by atoms with Gasteiger partial charge in [0, 0.05) is 50.1 Å². The summed E-state index contributed by atoms with van der Waals surface area (Å²) in [4.78, 5) is 11.3. The van der Waals surface area contributed by atoms with Gasteiger partial charge in [0.1, 0.15) is 17.7 Å². The Hall–Kier alpha value is -4.15. The van der Waals surface area contributed by atoms with E-state index in [9.17, 15) is 17.6 Å². The lowest BCUT2D eigenvalue weighted by molar-refractivity contribution is -0.192. The lowest BCUT2D eigenvalue weighted by Gasteiger charge is -2.39. The van der Waals surface area contributed by atoms with Crippen molar-refractivity contribution < 1.29 is 32.2 Å². The molecule has 3 aromatic rings. The molecule has 9 nitrogen and oxygen atoms in total. The number of carboxylic acids is 1. The number of hydrogen-bond donors (Lipinski definition) is 3. The number of ether oxygens (including phenoxy) is 1. The number of aliphatic carboxylic acids is 1. The molecule has 0 spiro atoms. The molecule has 4 N–H and O–H groups in total. The van der Waals surface area contributed by atoms with Gasteiger partial charge < -0.3 is 25.8 Å². The Morgan fingerprint density at radius 1 is 1.16 bits per heavy atom. The fourth-order valence-electron chi connectivity index (χ4n) is 5.65. The van der Waals surface area contributed by atoms with Crippen LogP contribution in [-0.4, -0.2) is 65.4 Å². The number of aromatic nitrogens is 2. The van der Waals surface area contributed by atoms with Crippen molar-refractivity contribution in [1.82, 2.24) is 9.78 Å². The van der Waals surface area contributed by atoms with Crippen molar-refractivity contribution in [3.8, 4) is 23.0 Å². The fraction of sp³-hybridized carbons (Fsp3) is 0.469. The first-order chi connectivity index (χ1) is 21.3. The van der Waals surface area contributed by atoms with E-state index in [4.69, 9.17) is 30.7 Å². The number of nitriles is 1. The number of methoxy groups -OCH3 is 1. The monoisotopic (exact) mass is 630 g/mol. The molecule has 0 radical (unpaired) electrons. The second-order valence-corrected chi connectivity index (χ2v) is 11.8. The number of rotatable bonds is 7. The van der Waals surface area contributed by atoms with Gasteiger partial charge in [-0.3, -0.25) is 0 Å². The van der Waals surface area contributed by atoms with E-state index in [1.54, 1.807) is 13.2 Å². The summed E-state index contributed by atoms with van der Waals surface area (Å²) in [6.07, 6.45) is 1.32. The Balaban J connectivity index is 0.000000591. The molecule has 0 unspecified atom stereocenters. The van der Waals surface area contributed by atoms with Crippen molar-refractivity contribution in [2.75, 3.05) is 37.0 Å². The molecule has 0 bridgehead atoms. The van der Waals surface area contributed by atoms with Gasteiger partial charge in [-0.2, -0.15) is 18.4 Å². The van der Waals surface area contributed by atoms with Crippen LogP contribution in [0.1, 0.15) is 51.0 Å². The molecule has 1 saturated carbocycles. The molecule has 1 aromatic heterocycles. The van der Waals surface area contributed by atoms with Gasteiger partial charge in [0.25, 0.3) is 0 Å². The summed E-state index contributed by atoms with van der Waals surface area (Å²) in [5.74, 6) is -2.04. The van der Waals surface area contributed by atoms with Crippen LogP contribution >= 0.6 is 0 Å². The normalized spacial score (nSPS) is 19.6. The van der Waals surface area contributed by atoms with Crippen molar-refractivity contribution in [3.63, 3.8) is 0 Å². The Morgan fingerprint density at radius 2 is 1.80 bits per heavy atom. The Labute approximate surface area is 259 Å². The summed E-state index contributed by atoms with van der Waals surface area (Å²) < 4.78 is 53.8. The highest BCUT2D eigenvalue weighted by molar-refractivity contribution is 5.73. The molecule has 1 aliphatic carbocycles. The first kappa shape index (κ1) is 33.7. The quantitative estimate of drug-likeness (QED) is 0.267. The minimum Gasteiger partial charge on any atom is -0.475 e. The number of anilines is 2. The molecule has 0 amide bonds. The molecular formula is C32H38F4N6O3. The van der Waals surface area contributed by atoms with Gasteiger partial charge in [-0.25, -0.2) is 13.9 Å². The number of nitrogens with one attached hydrogen (secondary N) is 1. The lowest BCUT2D eigenvalue weighted by atomic mass is 9.86. The summed E-state index contributed by atoms with van der Waals surface area (Å²) in [5.41, 5.74) is 9.64. The van der Waals surface area contributed by atoms with E-state index in [0.29, 0.717) is 11.5 Å². The zero-order valence-electron chi connectivity index (χ0n) is 25.3. The van der Waals surface area contributed by atoms with Crippen LogP contribution in [0.4, 0.5) is 29.1 Å². The molecule has 2 heterocycles. The maximum absolute atomic E-state index is 14.5. The zero-order chi connectivity index (χ0) is 32.8. The van der Waals surface area contributed by atoms with Gasteiger partial charge in [-0.05, 0) is 81.3 Å². The average molecular weight is 631 g/mol. The van der Waals surface area contributed by atoms with E-state index in [0.717, 1.165) is 81.0 Å². The third kappa shape index (κ3) is 8.73. The first-order valence-corrected chi connectivity index (χ1v) is 14.8. The average Bonchev–Trinajstić information content (AvgIpc) is 3.45. The van der Waals surface area contributed by atoms with E-state index in [1.807, 2.05) is 16.8 Å². The topological polar surface area (TPSA) is 129 Å². The third-order valence-electron chi connectivity index (χ3n) is 8.51. The molecule has 1 saturated heterocycles. The van der Waals surface area contributed by atoms with Crippen molar-refractivity contribution in [1.29, 1.82) is 5.26 Å². The molecule has 5 rings (SSSR count). The highest BCUT2D eigenvalue weighted by Gasteiger charge is 2.38. The number of carbonyl (C=O) groups is 1. The van der Waals surface area contributed by atoms with Crippen molar-refractivity contribution in [2.24, 2.45) is 11.7 Å². The largest absolute Gasteiger partial charge is 0.490 e. The number of alkyl halides is 3. The molecule has 2 atom stereocenters. The van der Waals surface area contributed by atoms with E-state index < -0.39 is 18.0 Å². The van der Waals surface area contributed by atoms with E-state index >= 15 is 0 Å². The second kappa shape index (κ2) is 14.3. The van der Waals surface area contributed by atoms with Crippen LogP contribution in [-0.2, 0) is 9.53 Å². The van der Waals surface area contributed by atoms with Crippen LogP contribution < -0.4 is 16.0 Å². The Morgan fingerprint density at radius 3 is 2.36 bits per heavy atom. The minimum absolute atomic E-state index is 0.0299. The Kier molecular flexibility index (Phi) is 10.7. The molecule has 13 heteroatoms. The standard InChI is InChI=1S/C30H37FN6O.C2HF3O2/c1-30(38-2)12-14-36(15-13-30)25-8-10-26(11-9-25)37-28(22-6-7-23(19-32)27(31)17-22)18-29(35-37)34-20-21-4-3-5-24(33)16-21;3-2(4,5)1(6)7/h6-11,17-18,21,24H,3-5,12-16,20,33H2,1-2H3,(H,34,35);(H,6,7)/t21-,24-;/m0./s1. The van der Waals surface area contributed by atoms with Crippen molar-refractivity contribution in [3.05, 3.63) is 59.9 Å². The first-order valence-electron chi connectivity index (χ1n) is 14.8. The van der Waals surface area contributed by atoms with Crippen molar-refractivity contribution in [2.45, 2.75) is 63.3 Å². The predicted molar refractivity (Wildman–Crippen MR) is 163 cm³/mol. The number of halogens is 4. The molecular weight excluding hydrogens is 592 g/mol. The van der Waals surface area contributed by atoms with E-state index in [-0.39, 0.29) is 17.2 Å². The lowest BCUT2D eigenvalue weighted by Crippen LogP contribution is -2.43. The van der Waals surface area contributed by atoms with Gasteiger partial charge in [-0.1, -0.05) is 12.5 Å². The van der Waals surface area contributed by atoms with Gasteiger partial charge in [0.05, 0.1) is 22.5 Å². The number of benzene rings is 2. The van der Waals surface area contributed by atoms with Gasteiger partial charge in [-0.15, -0.1) is 5.10 Å². The summed E-state index contributed by atoms with van der Waals surface area (Å²) in [5, 5.41) is 24.6. The summed E-state index contributed by atoms with van der Waals surface area (Å²) in [7, 11) is 1.79. The highest BCUT2D eigenvalue weighted by Crippen LogP contribution is 2.32. The molecule has 2 fully saturated rings. The Bertz CT molecular complexity index is 1490. The third-order valence-corrected chi connectivity index (χ3v) is 8.51. The smallest absolute Gasteiger partial charge is 0.475 e. The van der Waals surface area contributed by atoms with Gasteiger partial charge in [0.2, 0.25) is 0 Å². The van der Waals surface area contributed by atoms with Crippen LogP contribution in [0.15, 0.2) is 48.5 Å². The molecule has 45 heavy (non-hydrogen) atoms. The predicted octanol–water partition coefficient (Wildman–Crippen LogP) is 6.12. The van der Waals surface area contributed by atoms with Gasteiger partial charge in [0.15, 0.2) is 0 Å². The van der Waals surface area contributed by atoms with Gasteiger partial charge >= 0.3 is 12.1 Å². The highest BCUT2D eigenvalue weighted by atomic mass is 19.4. The zero-order valence-corrected chi connectivity index (χ0v) is 25.3. The molecule has 1 aliphatic heterocycles. The van der Waals surface area contributed by atoms with Crippen LogP contribution in [0.5, 0.6) is 0 Å². The van der Waals surface area contributed by atoms with Crippen LogP contribution in [0.25, 0.3) is 16.9 Å². The van der Waals surface area contributed by atoms with Crippen LogP contribution in [0.2, 0.25) is 0 Å². The molecule has 242 valence electrons. The SMILES string of the molecule is COC1(C)CCN(c2ccc(-n3nc(NC[C@H]4CCC[C@H](N)C4)cc3-c3ccc(C#N)c(F)c3)cc2)CC1.O=C(O)C(F)(F)F. The molecule has 2 aromatic carbocycles. The van der Waals surface area contributed by atoms with E-state index in [1.165, 1.54) is 12.1 Å². The fourth-order valence-corrected chi connectivity index (χ4v) is 5.65. The number of piperidine rings is 1. The summed E-state index contributed by atoms with van der Waals surface area (Å²) in [6, 6.07) is 17.2.